The molecule has 0 spiro atoms. The fourth-order valence-corrected chi connectivity index (χ4v) is 4.07. The topological polar surface area (TPSA) is 94.2 Å². The third-order valence-corrected chi connectivity index (χ3v) is 5.50. The second kappa shape index (κ2) is 7.27. The van der Waals surface area contributed by atoms with E-state index in [1.165, 1.54) is 24.2 Å². The predicted octanol–water partition coefficient (Wildman–Crippen LogP) is 3.28. The summed E-state index contributed by atoms with van der Waals surface area (Å²) in [5.41, 5.74) is 2.89. The Balaban J connectivity index is 1.46. The number of carbonyl (C=O) groups is 1. The Hall–Kier alpha value is -2.87. The molecule has 2 aromatic heterocycles. The standard InChI is InChI=1S/C20H21N3O4S/c1-28(25,26)13-17-9-10-18(27-17)20(24)22-15-7-5-14(6-8-15)19-21-12-16-4-2-3-11-23(16)19/h5-10,12H,2-4,11,13H2,1H3,(H,22,24). The Morgan fingerprint density at radius 1 is 1.18 bits per heavy atom. The molecule has 3 aromatic rings. The minimum atomic E-state index is -3.21. The molecule has 1 N–H and O–H groups in total. The number of hydrogen-bond acceptors (Lipinski definition) is 5. The van der Waals surface area contributed by atoms with E-state index in [1.807, 2.05) is 30.5 Å². The Kier molecular flexibility index (Phi) is 4.80. The van der Waals surface area contributed by atoms with Crippen LogP contribution >= 0.6 is 0 Å². The lowest BCUT2D eigenvalue weighted by Gasteiger charge is -2.16. The van der Waals surface area contributed by atoms with E-state index < -0.39 is 15.7 Å². The van der Waals surface area contributed by atoms with Gasteiger partial charge in [-0.3, -0.25) is 4.79 Å². The van der Waals surface area contributed by atoms with Crippen LogP contribution in [0, 0.1) is 0 Å². The van der Waals surface area contributed by atoms with Crippen LogP contribution < -0.4 is 5.32 Å². The van der Waals surface area contributed by atoms with E-state index in [2.05, 4.69) is 14.9 Å². The van der Waals surface area contributed by atoms with Crippen molar-refractivity contribution in [2.24, 2.45) is 0 Å². The summed E-state index contributed by atoms with van der Waals surface area (Å²) in [5, 5.41) is 2.76. The minimum Gasteiger partial charge on any atom is -0.455 e. The molecular weight excluding hydrogens is 378 g/mol. The zero-order valence-corrected chi connectivity index (χ0v) is 16.3. The molecule has 0 fully saturated rings. The summed E-state index contributed by atoms with van der Waals surface area (Å²) < 4.78 is 30.2. The molecule has 1 amide bonds. The number of carbonyl (C=O) groups excluding carboxylic acids is 1. The number of hydrogen-bond donors (Lipinski definition) is 1. The van der Waals surface area contributed by atoms with E-state index in [-0.39, 0.29) is 17.3 Å². The first-order chi connectivity index (χ1) is 13.4. The lowest BCUT2D eigenvalue weighted by molar-refractivity contribution is 0.0995. The van der Waals surface area contributed by atoms with Gasteiger partial charge < -0.3 is 14.3 Å². The van der Waals surface area contributed by atoms with Crippen LogP contribution in [0.1, 0.15) is 34.9 Å². The number of aryl methyl sites for hydroxylation is 1. The van der Waals surface area contributed by atoms with E-state index in [1.54, 1.807) is 0 Å². The second-order valence-corrected chi connectivity index (χ2v) is 9.19. The zero-order chi connectivity index (χ0) is 19.7. The molecule has 146 valence electrons. The maximum absolute atomic E-state index is 12.3. The van der Waals surface area contributed by atoms with Gasteiger partial charge in [0.2, 0.25) is 0 Å². The zero-order valence-electron chi connectivity index (χ0n) is 15.5. The Labute approximate surface area is 163 Å². The van der Waals surface area contributed by atoms with Crippen LogP contribution in [0.25, 0.3) is 11.4 Å². The van der Waals surface area contributed by atoms with Gasteiger partial charge in [-0.1, -0.05) is 0 Å². The molecule has 3 heterocycles. The molecule has 0 radical (unpaired) electrons. The summed E-state index contributed by atoms with van der Waals surface area (Å²) in [5.74, 6) is 0.607. The fourth-order valence-electron chi connectivity index (χ4n) is 3.40. The molecule has 0 bridgehead atoms. The van der Waals surface area contributed by atoms with Crippen LogP contribution in [0.15, 0.2) is 47.0 Å². The molecule has 1 aliphatic rings. The van der Waals surface area contributed by atoms with Crippen LogP contribution in [0.3, 0.4) is 0 Å². The third-order valence-electron chi connectivity index (χ3n) is 4.69. The summed E-state index contributed by atoms with van der Waals surface area (Å²) in [6.07, 6.45) is 6.48. The van der Waals surface area contributed by atoms with E-state index in [4.69, 9.17) is 4.42 Å². The summed E-state index contributed by atoms with van der Waals surface area (Å²) in [4.78, 5) is 16.9. The lowest BCUT2D eigenvalue weighted by atomic mass is 10.1. The Bertz CT molecular complexity index is 1110. The number of fused-ring (bicyclic) bond motifs is 1. The summed E-state index contributed by atoms with van der Waals surface area (Å²) in [6, 6.07) is 10.5. The molecule has 0 saturated carbocycles. The molecule has 8 heteroatoms. The maximum Gasteiger partial charge on any atom is 0.291 e. The van der Waals surface area contributed by atoms with Crippen LogP contribution in [-0.4, -0.2) is 30.1 Å². The molecule has 0 atom stereocenters. The summed E-state index contributed by atoms with van der Waals surface area (Å²) in [7, 11) is -3.21. The van der Waals surface area contributed by atoms with Gasteiger partial charge in [-0.2, -0.15) is 0 Å². The van der Waals surface area contributed by atoms with Gasteiger partial charge in [0.05, 0.1) is 0 Å². The SMILES string of the molecule is CS(=O)(=O)Cc1ccc(C(=O)Nc2ccc(-c3ncc4n3CCCC4)cc2)o1. The number of nitrogens with one attached hydrogen (secondary N) is 1. The van der Waals surface area contributed by atoms with Gasteiger partial charge in [0.15, 0.2) is 15.6 Å². The molecule has 1 aliphatic heterocycles. The minimum absolute atomic E-state index is 0.0741. The molecular formula is C20H21N3O4S. The van der Waals surface area contributed by atoms with Gasteiger partial charge in [0.1, 0.15) is 17.3 Å². The maximum atomic E-state index is 12.3. The molecule has 0 unspecified atom stereocenters. The van der Waals surface area contributed by atoms with Gasteiger partial charge in [-0.25, -0.2) is 13.4 Å². The quantitative estimate of drug-likeness (QED) is 0.711. The van der Waals surface area contributed by atoms with Crippen molar-refractivity contribution in [2.75, 3.05) is 11.6 Å². The van der Waals surface area contributed by atoms with Crippen molar-refractivity contribution >= 4 is 21.4 Å². The average molecular weight is 399 g/mol. The van der Waals surface area contributed by atoms with Crippen LogP contribution in [0.5, 0.6) is 0 Å². The molecule has 4 rings (SSSR count). The summed E-state index contributed by atoms with van der Waals surface area (Å²) in [6.45, 7) is 0.984. The Morgan fingerprint density at radius 3 is 2.71 bits per heavy atom. The first kappa shape index (κ1) is 18.5. The van der Waals surface area contributed by atoms with Gasteiger partial charge >= 0.3 is 0 Å². The fraction of sp³-hybridized carbons (Fsp3) is 0.300. The number of aromatic nitrogens is 2. The lowest BCUT2D eigenvalue weighted by Crippen LogP contribution is -2.11. The van der Waals surface area contributed by atoms with Gasteiger partial charge in [0.25, 0.3) is 5.91 Å². The highest BCUT2D eigenvalue weighted by Gasteiger charge is 2.16. The molecule has 28 heavy (non-hydrogen) atoms. The number of benzene rings is 1. The number of imidazole rings is 1. The van der Waals surface area contributed by atoms with Crippen molar-refractivity contribution in [1.29, 1.82) is 0 Å². The largest absolute Gasteiger partial charge is 0.455 e. The van der Waals surface area contributed by atoms with Crippen molar-refractivity contribution in [3.05, 3.63) is 59.8 Å². The van der Waals surface area contributed by atoms with Gasteiger partial charge in [0, 0.05) is 35.9 Å². The number of amides is 1. The molecule has 0 aliphatic carbocycles. The van der Waals surface area contributed by atoms with Gasteiger partial charge in [-0.05, 0) is 55.7 Å². The number of sulfone groups is 1. The van der Waals surface area contributed by atoms with Crippen molar-refractivity contribution in [2.45, 2.75) is 31.6 Å². The Morgan fingerprint density at radius 2 is 1.96 bits per heavy atom. The first-order valence-electron chi connectivity index (χ1n) is 9.12. The van der Waals surface area contributed by atoms with Crippen molar-refractivity contribution < 1.29 is 17.6 Å². The number of nitrogens with zero attached hydrogens (tertiary/aromatic N) is 2. The summed E-state index contributed by atoms with van der Waals surface area (Å²) >= 11 is 0. The highest BCUT2D eigenvalue weighted by atomic mass is 32.2. The van der Waals surface area contributed by atoms with Crippen LogP contribution in [-0.2, 0) is 28.6 Å². The number of anilines is 1. The monoisotopic (exact) mass is 399 g/mol. The average Bonchev–Trinajstić information content (AvgIpc) is 3.28. The highest BCUT2D eigenvalue weighted by molar-refractivity contribution is 7.89. The van der Waals surface area contributed by atoms with E-state index in [0.29, 0.717) is 5.69 Å². The predicted molar refractivity (Wildman–Crippen MR) is 106 cm³/mol. The first-order valence-corrected chi connectivity index (χ1v) is 11.2. The van der Waals surface area contributed by atoms with E-state index in [9.17, 15) is 13.2 Å². The second-order valence-electron chi connectivity index (χ2n) is 7.05. The van der Waals surface area contributed by atoms with Crippen molar-refractivity contribution in [1.82, 2.24) is 9.55 Å². The van der Waals surface area contributed by atoms with Crippen molar-refractivity contribution in [3.8, 4) is 11.4 Å². The third kappa shape index (κ3) is 4.01. The molecule has 0 saturated heterocycles. The highest BCUT2D eigenvalue weighted by Crippen LogP contribution is 2.25. The normalized spacial score (nSPS) is 13.9. The van der Waals surface area contributed by atoms with Crippen LogP contribution in [0.4, 0.5) is 5.69 Å². The number of rotatable bonds is 5. The van der Waals surface area contributed by atoms with E-state index >= 15 is 0 Å². The molecule has 1 aromatic carbocycles. The van der Waals surface area contributed by atoms with Gasteiger partial charge in [-0.15, -0.1) is 0 Å². The smallest absolute Gasteiger partial charge is 0.291 e. The van der Waals surface area contributed by atoms with Crippen molar-refractivity contribution in [3.63, 3.8) is 0 Å². The van der Waals surface area contributed by atoms with E-state index in [0.717, 1.165) is 37.0 Å². The number of furan rings is 1. The molecule has 7 nitrogen and oxygen atoms in total. The van der Waals surface area contributed by atoms with Crippen LogP contribution in [0.2, 0.25) is 0 Å².